The molecule has 0 nitrogen and oxygen atoms in total. The predicted octanol–water partition coefficient (Wildman–Crippen LogP) is 3.84. The van der Waals surface area contributed by atoms with Gasteiger partial charge in [-0.3, -0.25) is 0 Å². The molecular weight excluding hydrogens is 232 g/mol. The van der Waals surface area contributed by atoms with Gasteiger partial charge in [-0.05, 0) is 23.3 Å². The Morgan fingerprint density at radius 3 is 1.47 bits per heavy atom. The third-order valence-corrected chi connectivity index (χ3v) is 2.27. The van der Waals surface area contributed by atoms with Crippen molar-refractivity contribution in [1.29, 1.82) is 0 Å². The van der Waals surface area contributed by atoms with E-state index < -0.39 is 23.3 Å². The van der Waals surface area contributed by atoms with Gasteiger partial charge < -0.3 is 0 Å². The molecule has 0 saturated carbocycles. The number of benzene rings is 2. The molecule has 0 amide bonds. The SMILES string of the molecule is Fc1cccc([CH]c2cccc(F)c2F)c1F. The molecule has 0 bridgehead atoms. The van der Waals surface area contributed by atoms with Crippen LogP contribution in [0.3, 0.4) is 0 Å². The van der Waals surface area contributed by atoms with Gasteiger partial charge in [0.25, 0.3) is 0 Å². The zero-order chi connectivity index (χ0) is 12.4. The molecule has 2 aromatic carbocycles. The first-order valence-corrected chi connectivity index (χ1v) is 4.82. The normalized spacial score (nSPS) is 10.6. The van der Waals surface area contributed by atoms with Crippen molar-refractivity contribution < 1.29 is 17.6 Å². The van der Waals surface area contributed by atoms with Crippen molar-refractivity contribution in [2.75, 3.05) is 0 Å². The van der Waals surface area contributed by atoms with Crippen LogP contribution in [-0.4, -0.2) is 0 Å². The van der Waals surface area contributed by atoms with Crippen LogP contribution in [0, 0.1) is 29.7 Å². The minimum absolute atomic E-state index is 0.130. The number of halogens is 4. The van der Waals surface area contributed by atoms with E-state index in [1.807, 2.05) is 0 Å². The standard InChI is InChI=1S/C13H7F4/c14-10-5-1-3-8(12(10)16)7-9-4-2-6-11(15)13(9)17/h1-7H. The van der Waals surface area contributed by atoms with E-state index >= 15 is 0 Å². The maximum absolute atomic E-state index is 13.3. The highest BCUT2D eigenvalue weighted by molar-refractivity contribution is 5.38. The summed E-state index contributed by atoms with van der Waals surface area (Å²) in [6.45, 7) is 0. The molecule has 0 aliphatic carbocycles. The zero-order valence-electron chi connectivity index (χ0n) is 8.55. The van der Waals surface area contributed by atoms with Crippen LogP contribution in [0.2, 0.25) is 0 Å². The van der Waals surface area contributed by atoms with Crippen molar-refractivity contribution in [1.82, 2.24) is 0 Å². The Kier molecular flexibility index (Phi) is 3.13. The Labute approximate surface area is 95.5 Å². The number of rotatable bonds is 2. The summed E-state index contributed by atoms with van der Waals surface area (Å²) in [5.41, 5.74) is -0.260. The van der Waals surface area contributed by atoms with E-state index in [1.54, 1.807) is 0 Å². The lowest BCUT2D eigenvalue weighted by Gasteiger charge is -2.05. The van der Waals surface area contributed by atoms with Crippen molar-refractivity contribution in [2.45, 2.75) is 0 Å². The van der Waals surface area contributed by atoms with Crippen LogP contribution in [-0.2, 0) is 0 Å². The summed E-state index contributed by atoms with van der Waals surface area (Å²) in [6.07, 6.45) is 1.05. The van der Waals surface area contributed by atoms with Gasteiger partial charge in [-0.25, -0.2) is 17.6 Å². The molecule has 0 atom stereocenters. The summed E-state index contributed by atoms with van der Waals surface area (Å²) >= 11 is 0. The van der Waals surface area contributed by atoms with Gasteiger partial charge in [0.15, 0.2) is 23.3 Å². The Balaban J connectivity index is 2.38. The van der Waals surface area contributed by atoms with Crippen LogP contribution in [0.5, 0.6) is 0 Å². The van der Waals surface area contributed by atoms with E-state index in [0.29, 0.717) is 0 Å². The Bertz CT molecular complexity index is 500. The van der Waals surface area contributed by atoms with Crippen molar-refractivity contribution in [3.63, 3.8) is 0 Å². The minimum atomic E-state index is -1.09. The number of hydrogen-bond donors (Lipinski definition) is 0. The first kappa shape index (κ1) is 11.6. The first-order chi connectivity index (χ1) is 8.09. The van der Waals surface area contributed by atoms with Crippen LogP contribution in [0.25, 0.3) is 0 Å². The van der Waals surface area contributed by atoms with E-state index in [9.17, 15) is 17.6 Å². The monoisotopic (exact) mass is 239 g/mol. The van der Waals surface area contributed by atoms with Crippen LogP contribution < -0.4 is 0 Å². The molecular formula is C13H7F4. The lowest BCUT2D eigenvalue weighted by atomic mass is 10.0. The molecule has 0 aliphatic heterocycles. The predicted molar refractivity (Wildman–Crippen MR) is 55.2 cm³/mol. The average molecular weight is 239 g/mol. The summed E-state index contributed by atoms with van der Waals surface area (Å²) in [6, 6.07) is 7.05. The molecule has 87 valence electrons. The Morgan fingerprint density at radius 2 is 1.06 bits per heavy atom. The molecule has 0 heterocycles. The van der Waals surface area contributed by atoms with Crippen LogP contribution in [0.4, 0.5) is 17.6 Å². The van der Waals surface area contributed by atoms with E-state index in [2.05, 4.69) is 0 Å². The fraction of sp³-hybridized carbons (Fsp3) is 0. The molecule has 0 unspecified atom stereocenters. The van der Waals surface area contributed by atoms with Gasteiger partial charge in [-0.1, -0.05) is 24.3 Å². The molecule has 2 rings (SSSR count). The quantitative estimate of drug-likeness (QED) is 0.698. The second-order valence-electron chi connectivity index (χ2n) is 3.43. The van der Waals surface area contributed by atoms with E-state index in [0.717, 1.165) is 18.6 Å². The van der Waals surface area contributed by atoms with Gasteiger partial charge in [0.05, 0.1) is 0 Å². The molecule has 17 heavy (non-hydrogen) atoms. The Morgan fingerprint density at radius 1 is 0.647 bits per heavy atom. The van der Waals surface area contributed by atoms with Crippen LogP contribution in [0.15, 0.2) is 36.4 Å². The first-order valence-electron chi connectivity index (χ1n) is 4.82. The molecule has 0 fully saturated rings. The summed E-state index contributed by atoms with van der Waals surface area (Å²) < 4.78 is 52.4. The van der Waals surface area contributed by atoms with Crippen molar-refractivity contribution in [3.8, 4) is 0 Å². The molecule has 1 radical (unpaired) electrons. The van der Waals surface area contributed by atoms with Gasteiger partial charge >= 0.3 is 0 Å². The average Bonchev–Trinajstić information content (AvgIpc) is 2.31. The summed E-state index contributed by atoms with van der Waals surface area (Å²) in [4.78, 5) is 0. The molecule has 2 aromatic rings. The van der Waals surface area contributed by atoms with Gasteiger partial charge in [-0.15, -0.1) is 0 Å². The van der Waals surface area contributed by atoms with E-state index in [-0.39, 0.29) is 11.1 Å². The summed E-state index contributed by atoms with van der Waals surface area (Å²) in [5, 5.41) is 0. The molecule has 0 spiro atoms. The fourth-order valence-corrected chi connectivity index (χ4v) is 1.43. The second kappa shape index (κ2) is 4.57. The largest absolute Gasteiger partial charge is 0.204 e. The van der Waals surface area contributed by atoms with Crippen LogP contribution >= 0.6 is 0 Å². The summed E-state index contributed by atoms with van der Waals surface area (Å²) in [5.74, 6) is -4.24. The highest BCUT2D eigenvalue weighted by Gasteiger charge is 2.13. The second-order valence-corrected chi connectivity index (χ2v) is 3.43. The maximum Gasteiger partial charge on any atom is 0.162 e. The van der Waals surface area contributed by atoms with Gasteiger partial charge in [0, 0.05) is 6.42 Å². The minimum Gasteiger partial charge on any atom is -0.204 e. The van der Waals surface area contributed by atoms with Gasteiger partial charge in [0.1, 0.15) is 0 Å². The van der Waals surface area contributed by atoms with Gasteiger partial charge in [-0.2, -0.15) is 0 Å². The Hall–Kier alpha value is -1.84. The molecule has 0 aromatic heterocycles. The number of hydrogen-bond acceptors (Lipinski definition) is 0. The van der Waals surface area contributed by atoms with E-state index in [4.69, 9.17) is 0 Å². The van der Waals surface area contributed by atoms with Crippen LogP contribution in [0.1, 0.15) is 11.1 Å². The topological polar surface area (TPSA) is 0 Å². The highest BCUT2D eigenvalue weighted by atomic mass is 19.2. The van der Waals surface area contributed by atoms with Gasteiger partial charge in [0.2, 0.25) is 0 Å². The zero-order valence-corrected chi connectivity index (χ0v) is 8.55. The third-order valence-electron chi connectivity index (χ3n) is 2.27. The summed E-state index contributed by atoms with van der Waals surface area (Å²) in [7, 11) is 0. The molecule has 4 heteroatoms. The highest BCUT2D eigenvalue weighted by Crippen LogP contribution is 2.20. The van der Waals surface area contributed by atoms with Crippen molar-refractivity contribution >= 4 is 0 Å². The molecule has 0 aliphatic rings. The lowest BCUT2D eigenvalue weighted by molar-refractivity contribution is 0.498. The maximum atomic E-state index is 13.3. The fourth-order valence-electron chi connectivity index (χ4n) is 1.43. The van der Waals surface area contributed by atoms with E-state index in [1.165, 1.54) is 24.3 Å². The third kappa shape index (κ3) is 2.30. The molecule has 0 N–H and O–H groups in total. The van der Waals surface area contributed by atoms with Crippen molar-refractivity contribution in [3.05, 3.63) is 77.2 Å². The van der Waals surface area contributed by atoms with Crippen molar-refractivity contribution in [2.24, 2.45) is 0 Å². The lowest BCUT2D eigenvalue weighted by Crippen LogP contribution is -1.97. The smallest absolute Gasteiger partial charge is 0.162 e. The molecule has 0 saturated heterocycles.